The molecule has 0 aromatic heterocycles. The fourth-order valence-corrected chi connectivity index (χ4v) is 3.86. The lowest BCUT2D eigenvalue weighted by Gasteiger charge is -2.39. The van der Waals surface area contributed by atoms with E-state index in [4.69, 9.17) is 0 Å². The van der Waals surface area contributed by atoms with Crippen LogP contribution >= 0.6 is 0 Å². The average Bonchev–Trinajstić information content (AvgIpc) is 2.52. The highest BCUT2D eigenvalue weighted by atomic mass is 16.2. The van der Waals surface area contributed by atoms with Crippen molar-refractivity contribution in [2.24, 2.45) is 17.3 Å². The molecule has 2 saturated heterocycles. The fourth-order valence-electron chi connectivity index (χ4n) is 3.86. The molecular weight excluding hydrogens is 286 g/mol. The Kier molecular flexibility index (Phi) is 6.49. The molecule has 0 spiro atoms. The van der Waals surface area contributed by atoms with Gasteiger partial charge in [-0.15, -0.1) is 0 Å². The van der Waals surface area contributed by atoms with Gasteiger partial charge in [-0.25, -0.2) is 0 Å². The molecule has 0 radical (unpaired) electrons. The number of carbonyl (C=O) groups excluding carboxylic acids is 1. The Morgan fingerprint density at radius 2 is 1.61 bits per heavy atom. The van der Waals surface area contributed by atoms with Crippen molar-refractivity contribution >= 4 is 5.91 Å². The van der Waals surface area contributed by atoms with E-state index in [0.29, 0.717) is 11.3 Å². The molecule has 0 N–H and O–H groups in total. The second-order valence-electron chi connectivity index (χ2n) is 8.80. The van der Waals surface area contributed by atoms with Gasteiger partial charge in [0.2, 0.25) is 5.91 Å². The largest absolute Gasteiger partial charge is 0.340 e. The number of rotatable bonds is 4. The first-order chi connectivity index (χ1) is 10.8. The standard InChI is InChI=1S/C19H37N3O/c1-16(18(23)22-14-12-20(5)13-15-22)6-9-21-10-7-17(8-11-21)19(2,3)4/h16-17H,6-15H2,1-5H3. The Hall–Kier alpha value is -0.610. The summed E-state index contributed by atoms with van der Waals surface area (Å²) in [5.74, 6) is 1.38. The third kappa shape index (κ3) is 5.46. The molecule has 4 nitrogen and oxygen atoms in total. The number of hydrogen-bond acceptors (Lipinski definition) is 3. The summed E-state index contributed by atoms with van der Waals surface area (Å²) >= 11 is 0. The number of piperidine rings is 1. The predicted octanol–water partition coefficient (Wildman–Crippen LogP) is 2.54. The van der Waals surface area contributed by atoms with Gasteiger partial charge in [0.15, 0.2) is 0 Å². The molecule has 0 bridgehead atoms. The summed E-state index contributed by atoms with van der Waals surface area (Å²) in [7, 11) is 2.13. The van der Waals surface area contributed by atoms with E-state index in [2.05, 4.69) is 49.4 Å². The van der Waals surface area contributed by atoms with Gasteiger partial charge in [0.1, 0.15) is 0 Å². The Morgan fingerprint density at radius 1 is 1.04 bits per heavy atom. The quantitative estimate of drug-likeness (QED) is 0.795. The number of likely N-dealkylation sites (tertiary alicyclic amines) is 1. The Balaban J connectivity index is 1.69. The summed E-state index contributed by atoms with van der Waals surface area (Å²) in [6, 6.07) is 0. The van der Waals surface area contributed by atoms with Crippen molar-refractivity contribution in [3.8, 4) is 0 Å². The van der Waals surface area contributed by atoms with Gasteiger partial charge >= 0.3 is 0 Å². The van der Waals surface area contributed by atoms with Crippen molar-refractivity contribution in [1.82, 2.24) is 14.7 Å². The number of piperazine rings is 1. The molecule has 1 atom stereocenters. The first-order valence-corrected chi connectivity index (χ1v) is 9.47. The average molecular weight is 324 g/mol. The molecular formula is C19H37N3O. The molecule has 2 rings (SSSR count). The Morgan fingerprint density at radius 3 is 2.13 bits per heavy atom. The van der Waals surface area contributed by atoms with Gasteiger partial charge in [0, 0.05) is 32.1 Å². The van der Waals surface area contributed by atoms with Crippen LogP contribution < -0.4 is 0 Å². The SMILES string of the molecule is CC(CCN1CCC(C(C)(C)C)CC1)C(=O)N1CCN(C)CC1. The van der Waals surface area contributed by atoms with Crippen molar-refractivity contribution in [2.45, 2.75) is 47.0 Å². The van der Waals surface area contributed by atoms with Crippen LogP contribution in [-0.4, -0.2) is 73.5 Å². The molecule has 0 aromatic carbocycles. The zero-order valence-corrected chi connectivity index (χ0v) is 16.0. The molecule has 23 heavy (non-hydrogen) atoms. The summed E-state index contributed by atoms with van der Waals surface area (Å²) in [4.78, 5) is 19.5. The highest BCUT2D eigenvalue weighted by Crippen LogP contribution is 2.34. The van der Waals surface area contributed by atoms with Crippen LogP contribution in [0.2, 0.25) is 0 Å². The fraction of sp³-hybridized carbons (Fsp3) is 0.947. The van der Waals surface area contributed by atoms with E-state index >= 15 is 0 Å². The predicted molar refractivity (Wildman–Crippen MR) is 96.5 cm³/mol. The molecule has 2 fully saturated rings. The molecule has 134 valence electrons. The maximum absolute atomic E-state index is 12.5. The number of likely N-dealkylation sites (N-methyl/N-ethyl adjacent to an activating group) is 1. The van der Waals surface area contributed by atoms with Gasteiger partial charge in [-0.05, 0) is 57.3 Å². The Bertz CT molecular complexity index is 375. The van der Waals surface area contributed by atoms with E-state index in [0.717, 1.165) is 45.1 Å². The summed E-state index contributed by atoms with van der Waals surface area (Å²) in [6.45, 7) is 16.5. The summed E-state index contributed by atoms with van der Waals surface area (Å²) in [5.41, 5.74) is 0.441. The monoisotopic (exact) mass is 323 g/mol. The second-order valence-corrected chi connectivity index (χ2v) is 8.80. The molecule has 2 aliphatic heterocycles. The molecule has 0 aliphatic carbocycles. The minimum Gasteiger partial charge on any atom is -0.340 e. The van der Waals surface area contributed by atoms with Crippen LogP contribution in [0.15, 0.2) is 0 Å². The first kappa shape index (κ1) is 18.7. The Labute approximate surface area is 143 Å². The zero-order valence-electron chi connectivity index (χ0n) is 16.0. The van der Waals surface area contributed by atoms with E-state index in [1.807, 2.05) is 0 Å². The maximum atomic E-state index is 12.5. The van der Waals surface area contributed by atoms with Crippen molar-refractivity contribution < 1.29 is 4.79 Å². The molecule has 2 aliphatic rings. The highest BCUT2D eigenvalue weighted by Gasteiger charge is 2.29. The molecule has 1 amide bonds. The number of nitrogens with zero attached hydrogens (tertiary/aromatic N) is 3. The van der Waals surface area contributed by atoms with Gasteiger partial charge in [0.25, 0.3) is 0 Å². The lowest BCUT2D eigenvalue weighted by atomic mass is 9.75. The van der Waals surface area contributed by atoms with E-state index in [1.165, 1.54) is 25.9 Å². The van der Waals surface area contributed by atoms with Crippen molar-refractivity contribution in [3.05, 3.63) is 0 Å². The van der Waals surface area contributed by atoms with Crippen LogP contribution in [0.25, 0.3) is 0 Å². The number of hydrogen-bond donors (Lipinski definition) is 0. The molecule has 2 heterocycles. The topological polar surface area (TPSA) is 26.8 Å². The van der Waals surface area contributed by atoms with Crippen molar-refractivity contribution in [1.29, 1.82) is 0 Å². The molecule has 4 heteroatoms. The van der Waals surface area contributed by atoms with Gasteiger partial charge in [0.05, 0.1) is 0 Å². The van der Waals surface area contributed by atoms with Gasteiger partial charge in [-0.3, -0.25) is 4.79 Å². The molecule has 0 aromatic rings. The summed E-state index contributed by atoms with van der Waals surface area (Å²) < 4.78 is 0. The van der Waals surface area contributed by atoms with Gasteiger partial charge in [-0.2, -0.15) is 0 Å². The summed E-state index contributed by atoms with van der Waals surface area (Å²) in [6.07, 6.45) is 3.62. The maximum Gasteiger partial charge on any atom is 0.225 e. The first-order valence-electron chi connectivity index (χ1n) is 9.47. The van der Waals surface area contributed by atoms with Crippen molar-refractivity contribution in [3.63, 3.8) is 0 Å². The third-order valence-electron chi connectivity index (χ3n) is 5.93. The molecule has 0 saturated carbocycles. The van der Waals surface area contributed by atoms with E-state index in [1.54, 1.807) is 0 Å². The summed E-state index contributed by atoms with van der Waals surface area (Å²) in [5, 5.41) is 0. The lowest BCUT2D eigenvalue weighted by molar-refractivity contribution is -0.136. The van der Waals surface area contributed by atoms with Crippen LogP contribution in [-0.2, 0) is 4.79 Å². The molecule has 1 unspecified atom stereocenters. The normalized spacial score (nSPS) is 24.0. The smallest absolute Gasteiger partial charge is 0.225 e. The van der Waals surface area contributed by atoms with Crippen LogP contribution in [0.5, 0.6) is 0 Å². The van der Waals surface area contributed by atoms with Crippen LogP contribution in [0, 0.1) is 17.3 Å². The zero-order chi connectivity index (χ0) is 17.0. The van der Waals surface area contributed by atoms with Crippen molar-refractivity contribution in [2.75, 3.05) is 52.9 Å². The van der Waals surface area contributed by atoms with Crippen LogP contribution in [0.4, 0.5) is 0 Å². The second kappa shape index (κ2) is 7.98. The van der Waals surface area contributed by atoms with Gasteiger partial charge < -0.3 is 14.7 Å². The number of amides is 1. The van der Waals surface area contributed by atoms with E-state index in [9.17, 15) is 4.79 Å². The third-order valence-corrected chi connectivity index (χ3v) is 5.93. The highest BCUT2D eigenvalue weighted by molar-refractivity contribution is 5.78. The van der Waals surface area contributed by atoms with Crippen LogP contribution in [0.3, 0.4) is 0 Å². The van der Waals surface area contributed by atoms with E-state index < -0.39 is 0 Å². The van der Waals surface area contributed by atoms with Crippen LogP contribution in [0.1, 0.15) is 47.0 Å². The van der Waals surface area contributed by atoms with E-state index in [-0.39, 0.29) is 5.92 Å². The van der Waals surface area contributed by atoms with Gasteiger partial charge in [-0.1, -0.05) is 27.7 Å². The minimum absolute atomic E-state index is 0.166. The minimum atomic E-state index is 0.166. The lowest BCUT2D eigenvalue weighted by Crippen LogP contribution is -2.49. The number of carbonyl (C=O) groups is 1.